The average Bonchev–Trinajstić information content (AvgIpc) is 3.01. The number of thiazole rings is 1. The summed E-state index contributed by atoms with van der Waals surface area (Å²) < 4.78 is 27.3. The van der Waals surface area contributed by atoms with Gasteiger partial charge in [-0.15, -0.1) is 11.3 Å². The lowest BCUT2D eigenvalue weighted by atomic mass is 9.69. The van der Waals surface area contributed by atoms with Crippen molar-refractivity contribution in [2.24, 2.45) is 16.7 Å². The van der Waals surface area contributed by atoms with Crippen molar-refractivity contribution >= 4 is 21.4 Å². The van der Waals surface area contributed by atoms with Crippen LogP contribution in [0.4, 0.5) is 0 Å². The molecule has 0 N–H and O–H groups in total. The molecule has 0 amide bonds. The van der Waals surface area contributed by atoms with Gasteiger partial charge in [0.25, 0.3) is 0 Å². The van der Waals surface area contributed by atoms with Gasteiger partial charge < -0.3 is 0 Å². The minimum absolute atomic E-state index is 0.0250. The quantitative estimate of drug-likeness (QED) is 0.840. The Morgan fingerprint density at radius 1 is 1.48 bits per heavy atom. The van der Waals surface area contributed by atoms with E-state index in [1.165, 1.54) is 6.42 Å². The smallest absolute Gasteiger partial charge is 0.215 e. The third-order valence-corrected chi connectivity index (χ3v) is 9.42. The van der Waals surface area contributed by atoms with Crippen molar-refractivity contribution in [3.05, 3.63) is 16.1 Å². The first kappa shape index (κ1) is 14.2. The molecule has 0 aromatic carbocycles. The van der Waals surface area contributed by atoms with Crippen LogP contribution < -0.4 is 0 Å². The maximum Gasteiger partial charge on any atom is 0.215 e. The Labute approximate surface area is 130 Å². The second kappa shape index (κ2) is 4.09. The summed E-state index contributed by atoms with van der Waals surface area (Å²) in [5.74, 6) is 1.02. The van der Waals surface area contributed by atoms with E-state index >= 15 is 0 Å². The molecule has 1 aliphatic heterocycles. The van der Waals surface area contributed by atoms with Gasteiger partial charge in [-0.1, -0.05) is 13.8 Å². The third kappa shape index (κ3) is 1.70. The van der Waals surface area contributed by atoms with Crippen LogP contribution in [0.2, 0.25) is 0 Å². The monoisotopic (exact) mass is 326 g/mol. The Balaban J connectivity index is 1.72. The minimum Gasteiger partial charge on any atom is -0.245 e. The van der Waals surface area contributed by atoms with Crippen LogP contribution in [0.15, 0.2) is 5.38 Å². The molecule has 4 rings (SSSR count). The van der Waals surface area contributed by atoms with Crippen LogP contribution in [0.3, 0.4) is 0 Å². The molecule has 2 saturated carbocycles. The summed E-state index contributed by atoms with van der Waals surface area (Å²) in [7, 11) is -3.15. The van der Waals surface area contributed by atoms with Gasteiger partial charge in [0.15, 0.2) is 0 Å². The van der Waals surface area contributed by atoms with E-state index in [9.17, 15) is 8.42 Å². The molecule has 2 bridgehead atoms. The highest BCUT2D eigenvalue weighted by Gasteiger charge is 2.71. The molecule has 0 unspecified atom stereocenters. The molecule has 2 heterocycles. The third-order valence-electron chi connectivity index (χ3n) is 6.49. The lowest BCUT2D eigenvalue weighted by molar-refractivity contribution is 0.112. The standard InChI is InChI=1S/C15H22N2O2S2/c1-10-8-20-13(16-10)7-17-12-6-11-4-5-15(12,14(11,2)3)9-21(17,18)19/h8,11-12H,4-7,9H2,1-3H3/t11-,12-,15-/m1/s1. The maximum absolute atomic E-state index is 12.8. The van der Waals surface area contributed by atoms with Crippen molar-refractivity contribution in [2.45, 2.75) is 52.6 Å². The fraction of sp³-hybridized carbons (Fsp3) is 0.800. The molecule has 21 heavy (non-hydrogen) atoms. The fourth-order valence-electron chi connectivity index (χ4n) is 5.19. The van der Waals surface area contributed by atoms with Crippen LogP contribution in [-0.4, -0.2) is 29.5 Å². The van der Waals surface area contributed by atoms with Gasteiger partial charge in [-0.05, 0) is 37.5 Å². The van der Waals surface area contributed by atoms with Crippen molar-refractivity contribution < 1.29 is 8.42 Å². The summed E-state index contributed by atoms with van der Waals surface area (Å²) in [5, 5.41) is 2.92. The van der Waals surface area contributed by atoms with Crippen molar-refractivity contribution in [3.8, 4) is 0 Å². The van der Waals surface area contributed by atoms with Gasteiger partial charge in [0.2, 0.25) is 10.0 Å². The van der Waals surface area contributed by atoms with Crippen LogP contribution >= 0.6 is 11.3 Å². The predicted octanol–water partition coefficient (Wildman–Crippen LogP) is 2.79. The number of nitrogens with zero attached hydrogens (tertiary/aromatic N) is 2. The lowest BCUT2D eigenvalue weighted by Crippen LogP contribution is -2.41. The van der Waals surface area contributed by atoms with Gasteiger partial charge in [0.05, 0.1) is 12.3 Å². The minimum atomic E-state index is -3.15. The molecule has 3 aliphatic rings. The van der Waals surface area contributed by atoms with Crippen molar-refractivity contribution in [2.75, 3.05) is 5.75 Å². The zero-order valence-electron chi connectivity index (χ0n) is 12.8. The van der Waals surface area contributed by atoms with E-state index in [1.54, 1.807) is 15.6 Å². The summed E-state index contributed by atoms with van der Waals surface area (Å²) in [5.41, 5.74) is 1.11. The first-order chi connectivity index (χ1) is 9.76. The van der Waals surface area contributed by atoms with Crippen LogP contribution in [0.1, 0.15) is 43.8 Å². The van der Waals surface area contributed by atoms with Gasteiger partial charge in [0.1, 0.15) is 5.01 Å². The number of sulfonamides is 1. The van der Waals surface area contributed by atoms with E-state index in [4.69, 9.17) is 0 Å². The molecule has 0 radical (unpaired) electrons. The van der Waals surface area contributed by atoms with Gasteiger partial charge in [-0.2, -0.15) is 4.31 Å². The topological polar surface area (TPSA) is 50.3 Å². The first-order valence-electron chi connectivity index (χ1n) is 7.67. The summed E-state index contributed by atoms with van der Waals surface area (Å²) in [4.78, 5) is 4.46. The molecule has 2 aliphatic carbocycles. The Morgan fingerprint density at radius 2 is 2.24 bits per heavy atom. The molecule has 3 fully saturated rings. The predicted molar refractivity (Wildman–Crippen MR) is 83.5 cm³/mol. The Hall–Kier alpha value is -0.460. The molecule has 1 saturated heterocycles. The molecule has 1 aromatic rings. The average molecular weight is 326 g/mol. The highest BCUT2D eigenvalue weighted by molar-refractivity contribution is 7.89. The molecule has 1 aromatic heterocycles. The summed E-state index contributed by atoms with van der Waals surface area (Å²) in [6.07, 6.45) is 3.31. The zero-order valence-corrected chi connectivity index (χ0v) is 14.4. The van der Waals surface area contributed by atoms with E-state index in [-0.39, 0.29) is 16.9 Å². The second-order valence-electron chi connectivity index (χ2n) is 7.55. The van der Waals surface area contributed by atoms with E-state index < -0.39 is 10.0 Å². The van der Waals surface area contributed by atoms with Crippen molar-refractivity contribution in [3.63, 3.8) is 0 Å². The highest BCUT2D eigenvalue weighted by Crippen LogP contribution is 2.70. The number of fused-ring (bicyclic) bond motifs is 1. The Morgan fingerprint density at radius 3 is 2.86 bits per heavy atom. The SMILES string of the molecule is Cc1csc(CN2[C@@H]3C[C@H]4CC[C@]3(CS2(=O)=O)C4(C)C)n1. The van der Waals surface area contributed by atoms with Crippen molar-refractivity contribution in [1.29, 1.82) is 0 Å². The number of aryl methyl sites for hydroxylation is 1. The Kier molecular flexibility index (Phi) is 2.75. The van der Waals surface area contributed by atoms with Crippen molar-refractivity contribution in [1.82, 2.24) is 9.29 Å². The van der Waals surface area contributed by atoms with E-state index in [2.05, 4.69) is 18.8 Å². The number of aromatic nitrogens is 1. The zero-order chi connectivity index (χ0) is 15.0. The highest BCUT2D eigenvalue weighted by atomic mass is 32.2. The van der Waals surface area contributed by atoms with E-state index in [1.807, 2.05) is 12.3 Å². The number of hydrogen-bond acceptors (Lipinski definition) is 4. The van der Waals surface area contributed by atoms with Crippen LogP contribution in [0, 0.1) is 23.7 Å². The maximum atomic E-state index is 12.8. The first-order valence-corrected chi connectivity index (χ1v) is 10.2. The largest absolute Gasteiger partial charge is 0.245 e. The number of hydrogen-bond donors (Lipinski definition) is 0. The fourth-order valence-corrected chi connectivity index (χ4v) is 8.56. The molecular formula is C15H22N2O2S2. The Bertz CT molecular complexity index is 694. The molecule has 3 atom stereocenters. The molecular weight excluding hydrogens is 304 g/mol. The van der Waals surface area contributed by atoms with E-state index in [0.29, 0.717) is 18.2 Å². The van der Waals surface area contributed by atoms with E-state index in [0.717, 1.165) is 23.5 Å². The normalized spacial score (nSPS) is 39.8. The molecule has 1 spiro atoms. The molecule has 6 heteroatoms. The van der Waals surface area contributed by atoms with Gasteiger partial charge in [-0.3, -0.25) is 0 Å². The molecule has 4 nitrogen and oxygen atoms in total. The summed E-state index contributed by atoms with van der Waals surface area (Å²) >= 11 is 1.57. The van der Waals surface area contributed by atoms with Crippen LogP contribution in [0.5, 0.6) is 0 Å². The van der Waals surface area contributed by atoms with Crippen LogP contribution in [0.25, 0.3) is 0 Å². The number of rotatable bonds is 2. The van der Waals surface area contributed by atoms with Gasteiger partial charge in [0, 0.05) is 22.5 Å². The summed E-state index contributed by atoms with van der Waals surface area (Å²) in [6.45, 7) is 7.01. The molecule has 116 valence electrons. The van der Waals surface area contributed by atoms with Gasteiger partial charge >= 0.3 is 0 Å². The summed E-state index contributed by atoms with van der Waals surface area (Å²) in [6, 6.07) is 0.195. The lowest BCUT2D eigenvalue weighted by Gasteiger charge is -2.37. The van der Waals surface area contributed by atoms with Gasteiger partial charge in [-0.25, -0.2) is 13.4 Å². The van der Waals surface area contributed by atoms with Crippen LogP contribution in [-0.2, 0) is 16.6 Å². The second-order valence-corrected chi connectivity index (χ2v) is 10.4.